The van der Waals surface area contributed by atoms with Crippen molar-refractivity contribution in [2.24, 2.45) is 0 Å². The van der Waals surface area contributed by atoms with E-state index in [1.165, 1.54) is 12.8 Å². The minimum atomic E-state index is 0.538. The SMILES string of the molecule is CCNc1ncc(Br)c(N2CCCC2CN(C)C)n1. The summed E-state index contributed by atoms with van der Waals surface area (Å²) >= 11 is 3.58. The van der Waals surface area contributed by atoms with Crippen molar-refractivity contribution in [2.75, 3.05) is 43.9 Å². The number of aromatic nitrogens is 2. The minimum Gasteiger partial charge on any atom is -0.354 e. The molecule has 0 bridgehead atoms. The molecule has 5 nitrogen and oxygen atoms in total. The zero-order valence-electron chi connectivity index (χ0n) is 11.9. The lowest BCUT2D eigenvalue weighted by molar-refractivity contribution is 0.371. The Labute approximate surface area is 123 Å². The standard InChI is InChI=1S/C13H22BrN5/c1-4-15-13-16-8-11(14)12(17-13)19-7-5-6-10(19)9-18(2)3/h8,10H,4-7,9H2,1-3H3,(H,15,16,17). The molecule has 1 aromatic heterocycles. The average molecular weight is 328 g/mol. The van der Waals surface area contributed by atoms with Gasteiger partial charge in [0.15, 0.2) is 0 Å². The number of hydrogen-bond acceptors (Lipinski definition) is 5. The maximum absolute atomic E-state index is 4.64. The molecule has 0 radical (unpaired) electrons. The van der Waals surface area contributed by atoms with E-state index in [0.717, 1.165) is 29.9 Å². The van der Waals surface area contributed by atoms with Gasteiger partial charge in [0, 0.05) is 31.9 Å². The van der Waals surface area contributed by atoms with Gasteiger partial charge in [0.25, 0.3) is 0 Å². The second kappa shape index (κ2) is 6.52. The van der Waals surface area contributed by atoms with E-state index < -0.39 is 0 Å². The number of nitrogens with zero attached hydrogens (tertiary/aromatic N) is 4. The molecule has 2 heterocycles. The largest absolute Gasteiger partial charge is 0.354 e. The molecule has 1 saturated heterocycles. The van der Waals surface area contributed by atoms with Gasteiger partial charge in [-0.25, -0.2) is 4.98 Å². The number of anilines is 2. The van der Waals surface area contributed by atoms with Gasteiger partial charge in [0.2, 0.25) is 5.95 Å². The van der Waals surface area contributed by atoms with Gasteiger partial charge in [-0.15, -0.1) is 0 Å². The molecule has 19 heavy (non-hydrogen) atoms. The van der Waals surface area contributed by atoms with Crippen LogP contribution in [0.25, 0.3) is 0 Å². The maximum Gasteiger partial charge on any atom is 0.224 e. The summed E-state index contributed by atoms with van der Waals surface area (Å²) < 4.78 is 0.972. The number of likely N-dealkylation sites (N-methyl/N-ethyl adjacent to an activating group) is 1. The van der Waals surface area contributed by atoms with Gasteiger partial charge < -0.3 is 15.1 Å². The van der Waals surface area contributed by atoms with E-state index in [4.69, 9.17) is 0 Å². The molecule has 1 aliphatic heterocycles. The van der Waals surface area contributed by atoms with Crippen molar-refractivity contribution in [1.82, 2.24) is 14.9 Å². The smallest absolute Gasteiger partial charge is 0.224 e. The molecule has 1 atom stereocenters. The number of nitrogens with one attached hydrogen (secondary N) is 1. The molecule has 0 aromatic carbocycles. The molecule has 6 heteroatoms. The van der Waals surface area contributed by atoms with Crippen LogP contribution < -0.4 is 10.2 Å². The molecular weight excluding hydrogens is 306 g/mol. The zero-order chi connectivity index (χ0) is 13.8. The maximum atomic E-state index is 4.64. The van der Waals surface area contributed by atoms with Crippen molar-refractivity contribution < 1.29 is 0 Å². The van der Waals surface area contributed by atoms with E-state index in [9.17, 15) is 0 Å². The molecule has 0 spiro atoms. The molecule has 1 aliphatic rings. The first-order valence-electron chi connectivity index (χ1n) is 6.79. The lowest BCUT2D eigenvalue weighted by Gasteiger charge is -2.28. The van der Waals surface area contributed by atoms with E-state index in [-0.39, 0.29) is 0 Å². The molecule has 0 amide bonds. The molecular formula is C13H22BrN5. The van der Waals surface area contributed by atoms with E-state index in [0.29, 0.717) is 12.0 Å². The van der Waals surface area contributed by atoms with Crippen LogP contribution in [0.15, 0.2) is 10.7 Å². The van der Waals surface area contributed by atoms with Gasteiger partial charge in [0.05, 0.1) is 4.47 Å². The molecule has 0 aliphatic carbocycles. The Morgan fingerprint density at radius 1 is 1.53 bits per heavy atom. The fraction of sp³-hybridized carbons (Fsp3) is 0.692. The van der Waals surface area contributed by atoms with Gasteiger partial charge in [-0.05, 0) is 49.8 Å². The van der Waals surface area contributed by atoms with Crippen LogP contribution in [0, 0.1) is 0 Å². The Morgan fingerprint density at radius 2 is 2.32 bits per heavy atom. The highest BCUT2D eigenvalue weighted by Gasteiger charge is 2.27. The van der Waals surface area contributed by atoms with Crippen molar-refractivity contribution >= 4 is 27.7 Å². The molecule has 106 valence electrons. The first kappa shape index (κ1) is 14.5. The quantitative estimate of drug-likeness (QED) is 0.898. The highest BCUT2D eigenvalue weighted by molar-refractivity contribution is 9.10. The molecule has 0 saturated carbocycles. The van der Waals surface area contributed by atoms with E-state index in [2.05, 4.69) is 62.0 Å². The van der Waals surface area contributed by atoms with Gasteiger partial charge in [-0.3, -0.25) is 0 Å². The third kappa shape index (κ3) is 3.57. The summed E-state index contributed by atoms with van der Waals surface area (Å²) in [6, 6.07) is 0.538. The third-order valence-corrected chi connectivity index (χ3v) is 3.84. The van der Waals surface area contributed by atoms with Crippen molar-refractivity contribution in [2.45, 2.75) is 25.8 Å². The highest BCUT2D eigenvalue weighted by atomic mass is 79.9. The molecule has 1 fully saturated rings. The molecule has 1 N–H and O–H groups in total. The number of halogens is 1. The summed E-state index contributed by atoms with van der Waals surface area (Å²) in [4.78, 5) is 13.6. The highest BCUT2D eigenvalue weighted by Crippen LogP contribution is 2.30. The summed E-state index contributed by atoms with van der Waals surface area (Å²) in [5, 5.41) is 3.17. The van der Waals surface area contributed by atoms with Crippen LogP contribution in [0.3, 0.4) is 0 Å². The number of rotatable bonds is 5. The van der Waals surface area contributed by atoms with Gasteiger partial charge >= 0.3 is 0 Å². The van der Waals surface area contributed by atoms with E-state index >= 15 is 0 Å². The Morgan fingerprint density at radius 3 is 3.00 bits per heavy atom. The molecule has 1 unspecified atom stereocenters. The van der Waals surface area contributed by atoms with Gasteiger partial charge in [-0.1, -0.05) is 0 Å². The monoisotopic (exact) mass is 327 g/mol. The average Bonchev–Trinajstić information content (AvgIpc) is 2.79. The Bertz CT molecular complexity index is 423. The van der Waals surface area contributed by atoms with Crippen molar-refractivity contribution in [3.05, 3.63) is 10.7 Å². The van der Waals surface area contributed by atoms with Crippen LogP contribution in [0.4, 0.5) is 11.8 Å². The topological polar surface area (TPSA) is 44.3 Å². The van der Waals surface area contributed by atoms with Gasteiger partial charge in [0.1, 0.15) is 5.82 Å². The summed E-state index contributed by atoms with van der Waals surface area (Å²) in [6.45, 7) is 5.02. The van der Waals surface area contributed by atoms with Crippen LogP contribution in [-0.2, 0) is 0 Å². The fourth-order valence-electron chi connectivity index (χ4n) is 2.53. The Balaban J connectivity index is 2.21. The molecule has 1 aromatic rings. The summed E-state index contributed by atoms with van der Waals surface area (Å²) in [6.07, 6.45) is 4.29. The number of hydrogen-bond donors (Lipinski definition) is 1. The lowest BCUT2D eigenvalue weighted by Crippen LogP contribution is -2.38. The van der Waals surface area contributed by atoms with Crippen LogP contribution in [0.1, 0.15) is 19.8 Å². The fourth-order valence-corrected chi connectivity index (χ4v) is 2.95. The molecule has 2 rings (SSSR count). The van der Waals surface area contributed by atoms with Crippen molar-refractivity contribution in [1.29, 1.82) is 0 Å². The summed E-state index contributed by atoms with van der Waals surface area (Å²) in [5.74, 6) is 1.71. The van der Waals surface area contributed by atoms with Crippen molar-refractivity contribution in [3.8, 4) is 0 Å². The normalized spacial score (nSPS) is 19.2. The van der Waals surface area contributed by atoms with E-state index in [1.807, 2.05) is 6.20 Å². The lowest BCUT2D eigenvalue weighted by atomic mass is 10.2. The predicted molar refractivity (Wildman–Crippen MR) is 82.8 cm³/mol. The Hall–Kier alpha value is -0.880. The summed E-state index contributed by atoms with van der Waals surface area (Å²) in [5.41, 5.74) is 0. The predicted octanol–water partition coefficient (Wildman–Crippen LogP) is 2.20. The second-order valence-corrected chi connectivity index (χ2v) is 6.00. The van der Waals surface area contributed by atoms with Crippen LogP contribution >= 0.6 is 15.9 Å². The van der Waals surface area contributed by atoms with Crippen LogP contribution in [-0.4, -0.2) is 54.6 Å². The van der Waals surface area contributed by atoms with Crippen LogP contribution in [0.5, 0.6) is 0 Å². The van der Waals surface area contributed by atoms with Gasteiger partial charge in [-0.2, -0.15) is 4.98 Å². The summed E-state index contributed by atoms with van der Waals surface area (Å²) in [7, 11) is 4.24. The van der Waals surface area contributed by atoms with Crippen molar-refractivity contribution in [3.63, 3.8) is 0 Å². The van der Waals surface area contributed by atoms with Crippen LogP contribution in [0.2, 0.25) is 0 Å². The first-order valence-corrected chi connectivity index (χ1v) is 7.59. The first-order chi connectivity index (χ1) is 9.11. The Kier molecular flexibility index (Phi) is 4.99. The second-order valence-electron chi connectivity index (χ2n) is 5.15. The third-order valence-electron chi connectivity index (χ3n) is 3.29. The zero-order valence-corrected chi connectivity index (χ0v) is 13.4. The minimum absolute atomic E-state index is 0.538. The van der Waals surface area contributed by atoms with E-state index in [1.54, 1.807) is 0 Å².